The summed E-state index contributed by atoms with van der Waals surface area (Å²) in [5.41, 5.74) is 5.88. The third-order valence-corrected chi connectivity index (χ3v) is 2.55. The van der Waals surface area contributed by atoms with Crippen molar-refractivity contribution in [3.05, 3.63) is 11.7 Å². The van der Waals surface area contributed by atoms with E-state index in [9.17, 15) is 0 Å². The molecule has 0 radical (unpaired) electrons. The lowest BCUT2D eigenvalue weighted by Gasteiger charge is -2.03. The SMILES string of the molecule is CCCc1noc([C@H](N)CCSC)n1. The van der Waals surface area contributed by atoms with Crippen molar-refractivity contribution in [1.82, 2.24) is 10.1 Å². The monoisotopic (exact) mass is 215 g/mol. The first kappa shape index (κ1) is 11.5. The lowest BCUT2D eigenvalue weighted by Crippen LogP contribution is -2.11. The molecule has 1 rings (SSSR count). The fourth-order valence-corrected chi connectivity index (χ4v) is 1.60. The van der Waals surface area contributed by atoms with Crippen LogP contribution in [0.5, 0.6) is 0 Å². The lowest BCUT2D eigenvalue weighted by atomic mass is 10.2. The molecule has 0 fully saturated rings. The van der Waals surface area contributed by atoms with Gasteiger partial charge in [0, 0.05) is 6.42 Å². The van der Waals surface area contributed by atoms with Crippen LogP contribution in [0.4, 0.5) is 0 Å². The number of hydrogen-bond acceptors (Lipinski definition) is 5. The van der Waals surface area contributed by atoms with Crippen molar-refractivity contribution in [1.29, 1.82) is 0 Å². The van der Waals surface area contributed by atoms with E-state index in [1.807, 2.05) is 0 Å². The molecule has 1 atom stereocenters. The molecule has 14 heavy (non-hydrogen) atoms. The average molecular weight is 215 g/mol. The average Bonchev–Trinajstić information content (AvgIpc) is 2.63. The van der Waals surface area contributed by atoms with Crippen LogP contribution in [0, 0.1) is 0 Å². The summed E-state index contributed by atoms with van der Waals surface area (Å²) in [7, 11) is 0. The number of hydrogen-bond donors (Lipinski definition) is 1. The van der Waals surface area contributed by atoms with Crippen LogP contribution in [0.15, 0.2) is 4.52 Å². The molecule has 0 aliphatic heterocycles. The van der Waals surface area contributed by atoms with Crippen LogP contribution in [0.2, 0.25) is 0 Å². The number of thioether (sulfide) groups is 1. The first-order chi connectivity index (χ1) is 6.77. The highest BCUT2D eigenvalue weighted by atomic mass is 32.2. The maximum atomic E-state index is 5.88. The zero-order chi connectivity index (χ0) is 10.4. The van der Waals surface area contributed by atoms with E-state index < -0.39 is 0 Å². The smallest absolute Gasteiger partial charge is 0.243 e. The van der Waals surface area contributed by atoms with Gasteiger partial charge in [0.2, 0.25) is 5.89 Å². The van der Waals surface area contributed by atoms with Crippen LogP contribution >= 0.6 is 11.8 Å². The molecule has 2 N–H and O–H groups in total. The Morgan fingerprint density at radius 2 is 2.36 bits per heavy atom. The summed E-state index contributed by atoms with van der Waals surface area (Å²) in [5, 5.41) is 3.86. The van der Waals surface area contributed by atoms with Crippen LogP contribution in [0.25, 0.3) is 0 Å². The van der Waals surface area contributed by atoms with Gasteiger partial charge in [-0.3, -0.25) is 0 Å². The van der Waals surface area contributed by atoms with Gasteiger partial charge in [0.05, 0.1) is 6.04 Å². The summed E-state index contributed by atoms with van der Waals surface area (Å²) < 4.78 is 5.08. The Morgan fingerprint density at radius 1 is 1.57 bits per heavy atom. The van der Waals surface area contributed by atoms with Crippen molar-refractivity contribution in [3.8, 4) is 0 Å². The van der Waals surface area contributed by atoms with Gasteiger partial charge in [0.25, 0.3) is 0 Å². The maximum Gasteiger partial charge on any atom is 0.243 e. The van der Waals surface area contributed by atoms with Gasteiger partial charge in [0.1, 0.15) is 0 Å². The van der Waals surface area contributed by atoms with Gasteiger partial charge >= 0.3 is 0 Å². The Bertz CT molecular complexity index is 264. The third kappa shape index (κ3) is 3.31. The molecule has 0 spiro atoms. The molecule has 0 aliphatic rings. The number of aromatic nitrogens is 2. The summed E-state index contributed by atoms with van der Waals surface area (Å²) in [5.74, 6) is 2.36. The van der Waals surface area contributed by atoms with Gasteiger partial charge in [-0.15, -0.1) is 0 Å². The van der Waals surface area contributed by atoms with E-state index >= 15 is 0 Å². The van der Waals surface area contributed by atoms with Gasteiger partial charge in [-0.1, -0.05) is 12.1 Å². The normalized spacial score (nSPS) is 13.1. The zero-order valence-electron chi connectivity index (χ0n) is 8.69. The Morgan fingerprint density at radius 3 is 3.00 bits per heavy atom. The molecule has 80 valence electrons. The molecule has 0 saturated carbocycles. The topological polar surface area (TPSA) is 64.9 Å². The predicted molar refractivity (Wildman–Crippen MR) is 58.2 cm³/mol. The number of nitrogens with zero attached hydrogens (tertiary/aromatic N) is 2. The molecule has 0 saturated heterocycles. The molecule has 1 aromatic rings. The van der Waals surface area contributed by atoms with E-state index in [1.165, 1.54) is 0 Å². The van der Waals surface area contributed by atoms with Crippen molar-refractivity contribution in [2.45, 2.75) is 32.2 Å². The first-order valence-electron chi connectivity index (χ1n) is 4.85. The second-order valence-corrected chi connectivity index (χ2v) is 4.17. The summed E-state index contributed by atoms with van der Waals surface area (Å²) in [4.78, 5) is 4.24. The molecule has 0 aliphatic carbocycles. The molecule has 0 bridgehead atoms. The highest BCUT2D eigenvalue weighted by molar-refractivity contribution is 7.98. The second-order valence-electron chi connectivity index (χ2n) is 3.19. The van der Waals surface area contributed by atoms with E-state index in [2.05, 4.69) is 23.3 Å². The molecular weight excluding hydrogens is 198 g/mol. The first-order valence-corrected chi connectivity index (χ1v) is 6.24. The van der Waals surface area contributed by atoms with Crippen LogP contribution in [-0.4, -0.2) is 22.1 Å². The zero-order valence-corrected chi connectivity index (χ0v) is 9.51. The van der Waals surface area contributed by atoms with E-state index in [0.717, 1.165) is 30.8 Å². The standard InChI is InChI=1S/C9H17N3OS/c1-3-4-8-11-9(13-12-8)7(10)5-6-14-2/h7H,3-6,10H2,1-2H3/t7-/m1/s1. The van der Waals surface area contributed by atoms with Crippen molar-refractivity contribution >= 4 is 11.8 Å². The van der Waals surface area contributed by atoms with Gasteiger partial charge in [-0.05, 0) is 24.9 Å². The van der Waals surface area contributed by atoms with E-state index in [1.54, 1.807) is 11.8 Å². The van der Waals surface area contributed by atoms with Gasteiger partial charge < -0.3 is 10.3 Å². The molecule has 0 amide bonds. The van der Waals surface area contributed by atoms with Crippen molar-refractivity contribution < 1.29 is 4.52 Å². The number of aryl methyl sites for hydroxylation is 1. The molecule has 0 aromatic carbocycles. The Labute approximate surface area is 88.6 Å². The number of nitrogens with two attached hydrogens (primary N) is 1. The second kappa shape index (κ2) is 6.03. The van der Waals surface area contributed by atoms with Crippen molar-refractivity contribution in [3.63, 3.8) is 0 Å². The lowest BCUT2D eigenvalue weighted by molar-refractivity contribution is 0.348. The molecule has 1 heterocycles. The molecular formula is C9H17N3OS. The largest absolute Gasteiger partial charge is 0.338 e. The summed E-state index contributed by atoms with van der Waals surface area (Å²) in [6.45, 7) is 2.09. The Balaban J connectivity index is 2.48. The fourth-order valence-electron chi connectivity index (χ4n) is 1.11. The quantitative estimate of drug-likeness (QED) is 0.783. The summed E-state index contributed by atoms with van der Waals surface area (Å²) in [6.07, 6.45) is 4.83. The van der Waals surface area contributed by atoms with Crippen molar-refractivity contribution in [2.24, 2.45) is 5.73 Å². The Hall–Kier alpha value is -0.550. The maximum absolute atomic E-state index is 5.88. The minimum atomic E-state index is -0.111. The third-order valence-electron chi connectivity index (χ3n) is 1.91. The van der Waals surface area contributed by atoms with Crippen molar-refractivity contribution in [2.75, 3.05) is 12.0 Å². The van der Waals surface area contributed by atoms with Gasteiger partial charge in [-0.2, -0.15) is 16.7 Å². The fraction of sp³-hybridized carbons (Fsp3) is 0.778. The molecule has 4 nitrogen and oxygen atoms in total. The van der Waals surface area contributed by atoms with E-state index in [0.29, 0.717) is 5.89 Å². The van der Waals surface area contributed by atoms with Crippen LogP contribution in [0.3, 0.4) is 0 Å². The molecule has 1 aromatic heterocycles. The minimum absolute atomic E-state index is 0.111. The highest BCUT2D eigenvalue weighted by Gasteiger charge is 2.13. The summed E-state index contributed by atoms with van der Waals surface area (Å²) >= 11 is 1.77. The van der Waals surface area contributed by atoms with Gasteiger partial charge in [0.15, 0.2) is 5.82 Å². The molecule has 5 heteroatoms. The predicted octanol–water partition coefficient (Wildman–Crippen LogP) is 1.78. The minimum Gasteiger partial charge on any atom is -0.338 e. The van der Waals surface area contributed by atoms with Crippen LogP contribution in [0.1, 0.15) is 37.5 Å². The highest BCUT2D eigenvalue weighted by Crippen LogP contribution is 2.14. The Kier molecular flexibility index (Phi) is 4.97. The summed E-state index contributed by atoms with van der Waals surface area (Å²) in [6, 6.07) is -0.111. The molecule has 0 unspecified atom stereocenters. The van der Waals surface area contributed by atoms with E-state index in [-0.39, 0.29) is 6.04 Å². The van der Waals surface area contributed by atoms with Crippen LogP contribution in [-0.2, 0) is 6.42 Å². The van der Waals surface area contributed by atoms with Gasteiger partial charge in [-0.25, -0.2) is 0 Å². The number of rotatable bonds is 6. The van der Waals surface area contributed by atoms with Crippen LogP contribution < -0.4 is 5.73 Å². The van der Waals surface area contributed by atoms with E-state index in [4.69, 9.17) is 10.3 Å².